The van der Waals surface area contributed by atoms with Gasteiger partial charge in [-0.05, 0) is 41.8 Å². The predicted octanol–water partition coefficient (Wildman–Crippen LogP) is 2.09. The van der Waals surface area contributed by atoms with Gasteiger partial charge in [0.2, 0.25) is 0 Å². The second-order valence-corrected chi connectivity index (χ2v) is 8.07. The first-order valence-corrected chi connectivity index (χ1v) is 10.6. The Morgan fingerprint density at radius 3 is 2.42 bits per heavy atom. The molecule has 2 aromatic carbocycles. The Labute approximate surface area is 192 Å². The predicted molar refractivity (Wildman–Crippen MR) is 117 cm³/mol. The molecule has 4 N–H and O–H groups in total. The third-order valence-electron chi connectivity index (χ3n) is 5.82. The SMILES string of the molecule is COc1cc(CC2(O)COC(c3ccc(O)c(OC)c3)C2COC(=O)CCCO)ccc1O. The minimum absolute atomic E-state index is 0.0145. The van der Waals surface area contributed by atoms with Crippen molar-refractivity contribution in [3.63, 3.8) is 0 Å². The lowest BCUT2D eigenvalue weighted by molar-refractivity contribution is -0.148. The Bertz CT molecular complexity index is 961. The summed E-state index contributed by atoms with van der Waals surface area (Å²) in [6.45, 7) is -0.253. The second kappa shape index (κ2) is 10.7. The molecule has 0 saturated carbocycles. The maximum Gasteiger partial charge on any atom is 0.305 e. The maximum absolute atomic E-state index is 12.1. The molecule has 3 rings (SSSR count). The van der Waals surface area contributed by atoms with Crippen molar-refractivity contribution in [1.29, 1.82) is 0 Å². The summed E-state index contributed by atoms with van der Waals surface area (Å²) >= 11 is 0. The molecular weight excluding hydrogens is 432 g/mol. The van der Waals surface area contributed by atoms with E-state index in [1.807, 2.05) is 0 Å². The molecule has 9 nitrogen and oxygen atoms in total. The van der Waals surface area contributed by atoms with E-state index < -0.39 is 23.6 Å². The molecule has 2 aromatic rings. The zero-order valence-corrected chi connectivity index (χ0v) is 18.7. The minimum Gasteiger partial charge on any atom is -0.504 e. The minimum atomic E-state index is -1.39. The fourth-order valence-electron chi connectivity index (χ4n) is 4.03. The molecular formula is C24H30O9. The summed E-state index contributed by atoms with van der Waals surface area (Å²) < 4.78 is 21.8. The summed E-state index contributed by atoms with van der Waals surface area (Å²) in [6.07, 6.45) is -0.117. The number of hydrogen-bond donors (Lipinski definition) is 4. The molecule has 1 saturated heterocycles. The highest BCUT2D eigenvalue weighted by molar-refractivity contribution is 5.69. The Balaban J connectivity index is 1.88. The zero-order valence-electron chi connectivity index (χ0n) is 18.7. The second-order valence-electron chi connectivity index (χ2n) is 8.07. The molecule has 1 aliphatic heterocycles. The smallest absolute Gasteiger partial charge is 0.305 e. The summed E-state index contributed by atoms with van der Waals surface area (Å²) in [7, 11) is 2.87. The number of phenols is 2. The Hall–Kier alpha value is -3.01. The van der Waals surface area contributed by atoms with Gasteiger partial charge in [-0.1, -0.05) is 12.1 Å². The number of benzene rings is 2. The van der Waals surface area contributed by atoms with E-state index in [-0.39, 0.29) is 62.1 Å². The van der Waals surface area contributed by atoms with E-state index in [0.717, 1.165) is 0 Å². The third-order valence-corrected chi connectivity index (χ3v) is 5.82. The largest absolute Gasteiger partial charge is 0.504 e. The summed E-state index contributed by atoms with van der Waals surface area (Å²) in [6, 6.07) is 9.56. The van der Waals surface area contributed by atoms with E-state index in [1.165, 1.54) is 26.4 Å². The van der Waals surface area contributed by atoms with Crippen molar-refractivity contribution in [1.82, 2.24) is 0 Å². The number of hydrogen-bond acceptors (Lipinski definition) is 9. The monoisotopic (exact) mass is 462 g/mol. The molecule has 0 radical (unpaired) electrons. The molecule has 1 fully saturated rings. The van der Waals surface area contributed by atoms with Gasteiger partial charge in [0, 0.05) is 19.4 Å². The van der Waals surface area contributed by atoms with Crippen LogP contribution in [0.15, 0.2) is 36.4 Å². The van der Waals surface area contributed by atoms with Gasteiger partial charge in [-0.25, -0.2) is 0 Å². The number of phenolic OH excluding ortho intramolecular Hbond substituents is 2. The first-order chi connectivity index (χ1) is 15.8. The van der Waals surface area contributed by atoms with Crippen molar-refractivity contribution in [3.8, 4) is 23.0 Å². The van der Waals surface area contributed by atoms with Crippen LogP contribution in [0, 0.1) is 5.92 Å². The molecule has 1 heterocycles. The van der Waals surface area contributed by atoms with Crippen LogP contribution in [0.1, 0.15) is 30.1 Å². The first kappa shape index (κ1) is 24.6. The molecule has 0 spiro atoms. The molecule has 180 valence electrons. The molecule has 9 heteroatoms. The van der Waals surface area contributed by atoms with Gasteiger partial charge in [-0.2, -0.15) is 0 Å². The van der Waals surface area contributed by atoms with Crippen LogP contribution in [0.3, 0.4) is 0 Å². The molecule has 33 heavy (non-hydrogen) atoms. The normalized spacial score (nSPS) is 22.2. The van der Waals surface area contributed by atoms with Crippen LogP contribution >= 0.6 is 0 Å². The number of carbonyl (C=O) groups excluding carboxylic acids is 1. The van der Waals surface area contributed by atoms with E-state index in [9.17, 15) is 20.1 Å². The first-order valence-electron chi connectivity index (χ1n) is 10.6. The van der Waals surface area contributed by atoms with Crippen LogP contribution in [0.4, 0.5) is 0 Å². The molecule has 3 atom stereocenters. The summed E-state index contributed by atoms with van der Waals surface area (Å²) in [5, 5.41) is 40.3. The zero-order chi connectivity index (χ0) is 24.0. The molecule has 0 aliphatic carbocycles. The van der Waals surface area contributed by atoms with E-state index in [1.54, 1.807) is 24.3 Å². The number of aliphatic hydroxyl groups excluding tert-OH is 1. The highest BCUT2D eigenvalue weighted by atomic mass is 16.5. The fourth-order valence-corrected chi connectivity index (χ4v) is 4.03. The van der Waals surface area contributed by atoms with Crippen molar-refractivity contribution in [2.75, 3.05) is 34.0 Å². The lowest BCUT2D eigenvalue weighted by Gasteiger charge is -2.30. The van der Waals surface area contributed by atoms with Gasteiger partial charge in [0.15, 0.2) is 23.0 Å². The van der Waals surface area contributed by atoms with E-state index >= 15 is 0 Å². The summed E-state index contributed by atoms with van der Waals surface area (Å²) in [5.41, 5.74) is -0.0359. The van der Waals surface area contributed by atoms with Crippen LogP contribution in [0.25, 0.3) is 0 Å². The van der Waals surface area contributed by atoms with Gasteiger partial charge in [0.1, 0.15) is 5.60 Å². The average Bonchev–Trinajstić information content (AvgIpc) is 3.13. The lowest BCUT2D eigenvalue weighted by Crippen LogP contribution is -2.42. The number of aliphatic hydroxyl groups is 2. The quantitative estimate of drug-likeness (QED) is 0.392. The van der Waals surface area contributed by atoms with Crippen molar-refractivity contribution in [2.45, 2.75) is 31.0 Å². The van der Waals surface area contributed by atoms with Crippen LogP contribution in [0.2, 0.25) is 0 Å². The number of esters is 1. The van der Waals surface area contributed by atoms with Gasteiger partial charge in [0.05, 0.1) is 39.5 Å². The molecule has 3 unspecified atom stereocenters. The number of aromatic hydroxyl groups is 2. The van der Waals surface area contributed by atoms with Crippen molar-refractivity contribution in [2.24, 2.45) is 5.92 Å². The van der Waals surface area contributed by atoms with Gasteiger partial charge in [-0.3, -0.25) is 4.79 Å². The van der Waals surface area contributed by atoms with E-state index in [0.29, 0.717) is 11.1 Å². The highest BCUT2D eigenvalue weighted by Gasteiger charge is 2.50. The summed E-state index contributed by atoms with van der Waals surface area (Å²) in [5.74, 6) is -0.622. The van der Waals surface area contributed by atoms with E-state index in [4.69, 9.17) is 24.1 Å². The molecule has 0 amide bonds. The van der Waals surface area contributed by atoms with Crippen LogP contribution in [-0.4, -0.2) is 66.0 Å². The maximum atomic E-state index is 12.1. The number of rotatable bonds is 10. The number of methoxy groups -OCH3 is 2. The topological polar surface area (TPSA) is 135 Å². The third kappa shape index (κ3) is 5.68. The Morgan fingerprint density at radius 2 is 1.76 bits per heavy atom. The fraction of sp³-hybridized carbons (Fsp3) is 0.458. The standard InChI is InChI=1S/C24H30O9/c1-30-20-10-15(5-7-18(20)26)12-24(29)14-33-23(16-6-8-19(27)21(11-16)31-2)17(24)13-32-22(28)4-3-9-25/h5-8,10-11,17,23,25-27,29H,3-4,9,12-14H2,1-2H3. The Kier molecular flexibility index (Phi) is 8.01. The average molecular weight is 462 g/mol. The van der Waals surface area contributed by atoms with Crippen LogP contribution < -0.4 is 9.47 Å². The number of carbonyl (C=O) groups is 1. The van der Waals surface area contributed by atoms with Crippen molar-refractivity contribution < 1.29 is 44.2 Å². The van der Waals surface area contributed by atoms with Crippen LogP contribution in [0.5, 0.6) is 23.0 Å². The van der Waals surface area contributed by atoms with Crippen molar-refractivity contribution >= 4 is 5.97 Å². The summed E-state index contributed by atoms with van der Waals surface area (Å²) in [4.78, 5) is 12.1. The lowest BCUT2D eigenvalue weighted by atomic mass is 9.80. The van der Waals surface area contributed by atoms with Gasteiger partial charge in [0.25, 0.3) is 0 Å². The highest BCUT2D eigenvalue weighted by Crippen LogP contribution is 2.45. The number of ether oxygens (including phenoxy) is 4. The molecule has 0 bridgehead atoms. The van der Waals surface area contributed by atoms with Crippen molar-refractivity contribution in [3.05, 3.63) is 47.5 Å². The molecule has 1 aliphatic rings. The van der Waals surface area contributed by atoms with Gasteiger partial charge < -0.3 is 39.4 Å². The van der Waals surface area contributed by atoms with Gasteiger partial charge >= 0.3 is 5.97 Å². The Morgan fingerprint density at radius 1 is 1.09 bits per heavy atom. The molecule has 0 aromatic heterocycles. The van der Waals surface area contributed by atoms with E-state index in [2.05, 4.69) is 0 Å². The van der Waals surface area contributed by atoms with Gasteiger partial charge in [-0.15, -0.1) is 0 Å². The van der Waals surface area contributed by atoms with Crippen LogP contribution in [-0.2, 0) is 20.7 Å².